The topological polar surface area (TPSA) is 105 Å². The van der Waals surface area contributed by atoms with E-state index in [-0.39, 0.29) is 30.9 Å². The summed E-state index contributed by atoms with van der Waals surface area (Å²) in [6.45, 7) is 2.01. The molecular weight excluding hydrogens is 440 g/mol. The molecule has 0 aromatic heterocycles. The molecule has 2 aromatic rings. The number of ether oxygens (including phenoxy) is 1. The maximum Gasteiger partial charge on any atom is 0.407 e. The molecule has 3 rings (SSSR count). The van der Waals surface area contributed by atoms with Crippen molar-refractivity contribution in [2.75, 3.05) is 18.6 Å². The van der Waals surface area contributed by atoms with Crippen LogP contribution in [0.5, 0.6) is 0 Å². The SMILES string of the molecule is CSCC[C@H](NC(=O)CCC(C)NC(=O)OCC1c2ccccc2-c2ccccc21)C(=O)O. The number of amides is 2. The Morgan fingerprint density at radius 3 is 2.18 bits per heavy atom. The lowest BCUT2D eigenvalue weighted by molar-refractivity contribution is -0.141. The number of carboxylic acids is 1. The van der Waals surface area contributed by atoms with E-state index in [2.05, 4.69) is 34.9 Å². The summed E-state index contributed by atoms with van der Waals surface area (Å²) in [5.41, 5.74) is 4.62. The smallest absolute Gasteiger partial charge is 0.407 e. The average molecular weight is 471 g/mol. The second-order valence-electron chi connectivity index (χ2n) is 8.15. The van der Waals surface area contributed by atoms with Gasteiger partial charge < -0.3 is 20.5 Å². The molecule has 0 bridgehead atoms. The van der Waals surface area contributed by atoms with Gasteiger partial charge in [0.15, 0.2) is 0 Å². The van der Waals surface area contributed by atoms with Crippen molar-refractivity contribution in [2.24, 2.45) is 0 Å². The van der Waals surface area contributed by atoms with Gasteiger partial charge in [-0.3, -0.25) is 4.79 Å². The zero-order valence-corrected chi connectivity index (χ0v) is 19.7. The second-order valence-corrected chi connectivity index (χ2v) is 9.14. The summed E-state index contributed by atoms with van der Waals surface area (Å²) in [7, 11) is 0. The molecule has 2 amide bonds. The number of rotatable bonds is 11. The summed E-state index contributed by atoms with van der Waals surface area (Å²) >= 11 is 1.53. The Morgan fingerprint density at radius 2 is 1.61 bits per heavy atom. The maximum atomic E-state index is 12.4. The van der Waals surface area contributed by atoms with Gasteiger partial charge in [0.25, 0.3) is 0 Å². The molecule has 0 saturated heterocycles. The van der Waals surface area contributed by atoms with Crippen LogP contribution in [0.25, 0.3) is 11.1 Å². The van der Waals surface area contributed by atoms with Gasteiger partial charge in [-0.1, -0.05) is 48.5 Å². The van der Waals surface area contributed by atoms with Crippen molar-refractivity contribution in [2.45, 2.75) is 44.2 Å². The van der Waals surface area contributed by atoms with Crippen LogP contribution in [0.1, 0.15) is 43.2 Å². The number of thioether (sulfide) groups is 1. The number of benzene rings is 2. The molecule has 1 aliphatic carbocycles. The highest BCUT2D eigenvalue weighted by Gasteiger charge is 2.29. The maximum absolute atomic E-state index is 12.4. The minimum absolute atomic E-state index is 0.0153. The summed E-state index contributed by atoms with van der Waals surface area (Å²) in [6.07, 6.45) is 2.22. The Labute approximate surface area is 198 Å². The van der Waals surface area contributed by atoms with Crippen molar-refractivity contribution in [1.29, 1.82) is 0 Å². The molecule has 2 aromatic carbocycles. The van der Waals surface area contributed by atoms with E-state index in [1.54, 1.807) is 6.92 Å². The minimum atomic E-state index is -1.04. The van der Waals surface area contributed by atoms with Crippen molar-refractivity contribution in [3.05, 3.63) is 59.7 Å². The van der Waals surface area contributed by atoms with Crippen LogP contribution >= 0.6 is 11.8 Å². The molecule has 1 unspecified atom stereocenters. The van der Waals surface area contributed by atoms with Gasteiger partial charge in [0.05, 0.1) is 0 Å². The summed E-state index contributed by atoms with van der Waals surface area (Å²) in [5.74, 6) is -0.748. The van der Waals surface area contributed by atoms with E-state index < -0.39 is 18.1 Å². The molecule has 2 atom stereocenters. The first-order valence-electron chi connectivity index (χ1n) is 11.0. The highest BCUT2D eigenvalue weighted by Crippen LogP contribution is 2.44. The Kier molecular flexibility index (Phi) is 8.77. The normalized spacial score (nSPS) is 14.0. The zero-order chi connectivity index (χ0) is 23.8. The van der Waals surface area contributed by atoms with Crippen LogP contribution < -0.4 is 10.6 Å². The van der Waals surface area contributed by atoms with E-state index in [1.807, 2.05) is 30.5 Å². The lowest BCUT2D eigenvalue weighted by Gasteiger charge is -2.18. The predicted molar refractivity (Wildman–Crippen MR) is 129 cm³/mol. The average Bonchev–Trinajstić information content (AvgIpc) is 3.12. The molecule has 0 radical (unpaired) electrons. The number of nitrogens with one attached hydrogen (secondary N) is 2. The van der Waals surface area contributed by atoms with E-state index in [0.717, 1.165) is 11.1 Å². The number of hydrogen-bond acceptors (Lipinski definition) is 5. The summed E-state index contributed by atoms with van der Waals surface area (Å²) in [5, 5.41) is 14.5. The fourth-order valence-electron chi connectivity index (χ4n) is 4.02. The first-order chi connectivity index (χ1) is 15.9. The highest BCUT2D eigenvalue weighted by atomic mass is 32.2. The van der Waals surface area contributed by atoms with E-state index in [1.165, 1.54) is 22.9 Å². The zero-order valence-electron chi connectivity index (χ0n) is 18.9. The van der Waals surface area contributed by atoms with Crippen LogP contribution in [-0.4, -0.2) is 53.8 Å². The third-order valence-electron chi connectivity index (χ3n) is 5.76. The fraction of sp³-hybridized carbons (Fsp3) is 0.400. The fourth-order valence-corrected chi connectivity index (χ4v) is 4.49. The van der Waals surface area contributed by atoms with Crippen LogP contribution in [0, 0.1) is 0 Å². The van der Waals surface area contributed by atoms with Crippen molar-refractivity contribution in [1.82, 2.24) is 10.6 Å². The van der Waals surface area contributed by atoms with Crippen molar-refractivity contribution in [3.63, 3.8) is 0 Å². The Hall–Kier alpha value is -3.00. The Balaban J connectivity index is 1.46. The first kappa shape index (κ1) is 24.6. The third kappa shape index (κ3) is 6.51. The lowest BCUT2D eigenvalue weighted by atomic mass is 9.98. The molecule has 0 fully saturated rings. The quantitative estimate of drug-likeness (QED) is 0.458. The van der Waals surface area contributed by atoms with Gasteiger partial charge >= 0.3 is 12.1 Å². The van der Waals surface area contributed by atoms with E-state index in [4.69, 9.17) is 4.74 Å². The molecule has 1 aliphatic rings. The molecule has 0 spiro atoms. The molecular formula is C25H30N2O5S. The van der Waals surface area contributed by atoms with Gasteiger partial charge in [-0.25, -0.2) is 9.59 Å². The van der Waals surface area contributed by atoms with Gasteiger partial charge in [0, 0.05) is 18.4 Å². The second kappa shape index (κ2) is 11.7. The number of carbonyl (C=O) groups excluding carboxylic acids is 2. The van der Waals surface area contributed by atoms with E-state index in [0.29, 0.717) is 18.6 Å². The molecule has 8 heteroatoms. The number of aliphatic carboxylic acids is 1. The van der Waals surface area contributed by atoms with Crippen LogP contribution in [0.15, 0.2) is 48.5 Å². The number of carboxylic acid groups (broad SMARTS) is 1. The van der Waals surface area contributed by atoms with Crippen LogP contribution in [0.2, 0.25) is 0 Å². The lowest BCUT2D eigenvalue weighted by Crippen LogP contribution is -2.42. The highest BCUT2D eigenvalue weighted by molar-refractivity contribution is 7.98. The first-order valence-corrected chi connectivity index (χ1v) is 12.4. The predicted octanol–water partition coefficient (Wildman–Crippen LogP) is 4.02. The number of hydrogen-bond donors (Lipinski definition) is 3. The monoisotopic (exact) mass is 470 g/mol. The van der Waals surface area contributed by atoms with E-state index >= 15 is 0 Å². The molecule has 33 heavy (non-hydrogen) atoms. The van der Waals surface area contributed by atoms with Crippen molar-refractivity contribution in [3.8, 4) is 11.1 Å². The summed E-state index contributed by atoms with van der Waals surface area (Å²) < 4.78 is 5.53. The largest absolute Gasteiger partial charge is 0.480 e. The van der Waals surface area contributed by atoms with Gasteiger partial charge in [-0.05, 0) is 54.0 Å². The summed E-state index contributed by atoms with van der Waals surface area (Å²) in [4.78, 5) is 35.7. The Bertz CT molecular complexity index is 951. The number of alkyl carbamates (subject to hydrolysis) is 1. The van der Waals surface area contributed by atoms with Crippen LogP contribution in [-0.2, 0) is 14.3 Å². The van der Waals surface area contributed by atoms with E-state index in [9.17, 15) is 19.5 Å². The molecule has 176 valence electrons. The third-order valence-corrected chi connectivity index (χ3v) is 6.40. The van der Waals surface area contributed by atoms with Gasteiger partial charge in [0.2, 0.25) is 5.91 Å². The van der Waals surface area contributed by atoms with Crippen LogP contribution in [0.4, 0.5) is 4.79 Å². The molecule has 7 nitrogen and oxygen atoms in total. The Morgan fingerprint density at radius 1 is 1.00 bits per heavy atom. The van der Waals surface area contributed by atoms with Crippen molar-refractivity contribution >= 4 is 29.7 Å². The molecule has 0 saturated carbocycles. The van der Waals surface area contributed by atoms with Gasteiger partial charge in [-0.2, -0.15) is 11.8 Å². The summed E-state index contributed by atoms with van der Waals surface area (Å²) in [6, 6.07) is 15.1. The molecule has 0 heterocycles. The standard InChI is InChI=1S/C25H30N2O5S/c1-16(11-12-23(28)27-22(24(29)30)13-14-33-2)26-25(31)32-15-21-19-9-5-3-7-17(19)18-8-4-6-10-20(18)21/h3-10,16,21-22H,11-15H2,1-2H3,(H,26,31)(H,27,28)(H,29,30)/t16?,22-/m0/s1. The molecule has 0 aliphatic heterocycles. The minimum Gasteiger partial charge on any atom is -0.480 e. The van der Waals surface area contributed by atoms with Crippen molar-refractivity contribution < 1.29 is 24.2 Å². The van der Waals surface area contributed by atoms with Gasteiger partial charge in [0.1, 0.15) is 12.6 Å². The molecule has 3 N–H and O–H groups in total. The number of fused-ring (bicyclic) bond motifs is 3. The number of carbonyl (C=O) groups is 3. The van der Waals surface area contributed by atoms with Gasteiger partial charge in [-0.15, -0.1) is 0 Å². The van der Waals surface area contributed by atoms with Crippen LogP contribution in [0.3, 0.4) is 0 Å².